The van der Waals surface area contributed by atoms with Gasteiger partial charge < -0.3 is 4.74 Å². The average Bonchev–Trinajstić information content (AvgIpc) is 2.98. The van der Waals surface area contributed by atoms with E-state index in [0.29, 0.717) is 27.2 Å². The normalized spacial score (nSPS) is 11.6. The summed E-state index contributed by atoms with van der Waals surface area (Å²) in [5.74, 6) is 0.732. The van der Waals surface area contributed by atoms with Crippen LogP contribution in [0, 0.1) is 6.92 Å². The summed E-state index contributed by atoms with van der Waals surface area (Å²) in [5.41, 5.74) is 2.23. The Balaban J connectivity index is 1.85. The third kappa shape index (κ3) is 4.01. The van der Waals surface area contributed by atoms with E-state index in [1.165, 1.54) is 16.3 Å². The Morgan fingerprint density at radius 3 is 2.19 bits per heavy atom. The first-order valence-electron chi connectivity index (χ1n) is 9.81. The van der Waals surface area contributed by atoms with Crippen LogP contribution in [0.1, 0.15) is 5.56 Å². The van der Waals surface area contributed by atoms with Crippen LogP contribution >= 0.6 is 11.8 Å². The van der Waals surface area contributed by atoms with Gasteiger partial charge >= 0.3 is 5.69 Å². The minimum absolute atomic E-state index is 0.181. The molecule has 0 fully saturated rings. The van der Waals surface area contributed by atoms with E-state index < -0.39 is 10.0 Å². The van der Waals surface area contributed by atoms with Gasteiger partial charge in [-0.2, -0.15) is 0 Å². The number of ether oxygens (including phenoxy) is 1. The van der Waals surface area contributed by atoms with Gasteiger partial charge in [0, 0.05) is 23.9 Å². The number of hydrogen-bond donors (Lipinski definition) is 1. The van der Waals surface area contributed by atoms with E-state index in [9.17, 15) is 13.2 Å². The summed E-state index contributed by atoms with van der Waals surface area (Å²) in [7, 11) is 1.14. The van der Waals surface area contributed by atoms with Crippen LogP contribution in [0.3, 0.4) is 0 Å². The summed E-state index contributed by atoms with van der Waals surface area (Å²) in [5, 5.41) is 0. The molecule has 0 aliphatic rings. The predicted molar refractivity (Wildman–Crippen MR) is 127 cm³/mol. The Labute approximate surface area is 190 Å². The number of methoxy groups -OCH3 is 1. The molecule has 0 aliphatic carbocycles. The number of nitrogens with one attached hydrogen (secondary N) is 1. The maximum absolute atomic E-state index is 13.2. The second-order valence-electron chi connectivity index (χ2n) is 7.39. The molecular weight excluding hydrogens is 446 g/mol. The fourth-order valence-electron chi connectivity index (χ4n) is 3.52. The first kappa shape index (κ1) is 22.0. The van der Waals surface area contributed by atoms with Crippen LogP contribution in [0.15, 0.2) is 80.1 Å². The monoisotopic (exact) mass is 469 g/mol. The number of fused-ring (bicyclic) bond motifs is 1. The molecule has 9 heteroatoms. The fourth-order valence-corrected chi connectivity index (χ4v) is 5.82. The van der Waals surface area contributed by atoms with Gasteiger partial charge in [0.05, 0.1) is 28.7 Å². The van der Waals surface area contributed by atoms with Crippen molar-refractivity contribution in [3.05, 3.63) is 76.7 Å². The number of sulfonamides is 1. The van der Waals surface area contributed by atoms with Gasteiger partial charge in [0.15, 0.2) is 0 Å². The number of rotatable bonds is 6. The van der Waals surface area contributed by atoms with Crippen LogP contribution in [0.2, 0.25) is 0 Å². The molecule has 0 amide bonds. The standard InChI is InChI=1S/C23H23N3O4S2/c1-15-7-5-6-8-22(15)32(28,29)24-18-13-19-20(26(3)23(27)25(19)2)14-21(18)31-17-11-9-16(30-4)10-12-17/h5-14,24H,1-4H3. The van der Waals surface area contributed by atoms with Crippen LogP contribution in [-0.4, -0.2) is 24.7 Å². The number of benzene rings is 3. The van der Waals surface area contributed by atoms with Crippen molar-refractivity contribution in [1.82, 2.24) is 9.13 Å². The Hall–Kier alpha value is -3.17. The zero-order chi connectivity index (χ0) is 23.0. The lowest BCUT2D eigenvalue weighted by atomic mass is 10.2. The minimum Gasteiger partial charge on any atom is -0.497 e. The van der Waals surface area contributed by atoms with Gasteiger partial charge in [-0.3, -0.25) is 13.9 Å². The van der Waals surface area contributed by atoms with Crippen LogP contribution in [0.4, 0.5) is 5.69 Å². The van der Waals surface area contributed by atoms with Crippen LogP contribution < -0.4 is 15.1 Å². The molecular formula is C23H23N3O4S2. The van der Waals surface area contributed by atoms with Crippen molar-refractivity contribution < 1.29 is 13.2 Å². The van der Waals surface area contributed by atoms with Crippen LogP contribution in [0.5, 0.6) is 5.75 Å². The molecule has 0 radical (unpaired) electrons. The van der Waals surface area contributed by atoms with Crippen molar-refractivity contribution in [2.45, 2.75) is 21.6 Å². The van der Waals surface area contributed by atoms with Gasteiger partial charge in [-0.1, -0.05) is 30.0 Å². The van der Waals surface area contributed by atoms with Gasteiger partial charge in [0.1, 0.15) is 5.75 Å². The highest BCUT2D eigenvalue weighted by Gasteiger charge is 2.21. The van der Waals surface area contributed by atoms with E-state index in [1.807, 2.05) is 30.3 Å². The highest BCUT2D eigenvalue weighted by Crippen LogP contribution is 2.38. The molecule has 7 nitrogen and oxygen atoms in total. The topological polar surface area (TPSA) is 82.3 Å². The molecule has 0 spiro atoms. The summed E-state index contributed by atoms with van der Waals surface area (Å²) < 4.78 is 37.4. The highest BCUT2D eigenvalue weighted by atomic mass is 32.2. The number of nitrogens with zero attached hydrogens (tertiary/aromatic N) is 2. The predicted octanol–water partition coefficient (Wildman–Crippen LogP) is 4.15. The van der Waals surface area contributed by atoms with Crippen molar-refractivity contribution in [3.8, 4) is 5.75 Å². The average molecular weight is 470 g/mol. The molecule has 1 heterocycles. The number of aromatic nitrogens is 2. The molecule has 0 atom stereocenters. The summed E-state index contributed by atoms with van der Waals surface area (Å²) in [4.78, 5) is 14.3. The zero-order valence-electron chi connectivity index (χ0n) is 18.1. The van der Waals surface area contributed by atoms with E-state index in [-0.39, 0.29) is 10.6 Å². The number of anilines is 1. The zero-order valence-corrected chi connectivity index (χ0v) is 19.8. The van der Waals surface area contributed by atoms with Crippen molar-refractivity contribution in [2.24, 2.45) is 14.1 Å². The molecule has 0 aliphatic heterocycles. The SMILES string of the molecule is COc1ccc(Sc2cc3c(cc2NS(=O)(=O)c2ccccc2C)n(C)c(=O)n3C)cc1. The molecule has 0 saturated heterocycles. The molecule has 1 N–H and O–H groups in total. The van der Waals surface area contributed by atoms with Crippen molar-refractivity contribution in [2.75, 3.05) is 11.8 Å². The second-order valence-corrected chi connectivity index (χ2v) is 10.2. The quantitative estimate of drug-likeness (QED) is 0.459. The molecule has 0 saturated carbocycles. The van der Waals surface area contributed by atoms with E-state index >= 15 is 0 Å². The molecule has 4 rings (SSSR count). The lowest BCUT2D eigenvalue weighted by Gasteiger charge is -2.15. The van der Waals surface area contributed by atoms with Crippen molar-refractivity contribution in [3.63, 3.8) is 0 Å². The van der Waals surface area contributed by atoms with Crippen molar-refractivity contribution >= 4 is 38.5 Å². The number of imidazole rings is 1. The lowest BCUT2D eigenvalue weighted by molar-refractivity contribution is 0.414. The largest absolute Gasteiger partial charge is 0.497 e. The third-order valence-corrected chi connectivity index (χ3v) is 7.88. The Bertz CT molecular complexity index is 1470. The third-order valence-electron chi connectivity index (χ3n) is 5.29. The summed E-state index contributed by atoms with van der Waals surface area (Å²) in [6, 6.07) is 17.8. The minimum atomic E-state index is -3.83. The van der Waals surface area contributed by atoms with E-state index in [1.54, 1.807) is 63.0 Å². The first-order chi connectivity index (χ1) is 15.2. The fraction of sp³-hybridized carbons (Fsp3) is 0.174. The first-order valence-corrected chi connectivity index (χ1v) is 12.1. The molecule has 0 unspecified atom stereocenters. The van der Waals surface area contributed by atoms with Crippen molar-refractivity contribution in [1.29, 1.82) is 0 Å². The van der Waals surface area contributed by atoms with E-state index in [4.69, 9.17) is 4.74 Å². The summed E-state index contributed by atoms with van der Waals surface area (Å²) in [6.07, 6.45) is 0. The summed E-state index contributed by atoms with van der Waals surface area (Å²) >= 11 is 1.41. The molecule has 1 aromatic heterocycles. The van der Waals surface area contributed by atoms with Gasteiger partial charge in [-0.25, -0.2) is 13.2 Å². The maximum Gasteiger partial charge on any atom is 0.328 e. The molecule has 32 heavy (non-hydrogen) atoms. The van der Waals surface area contributed by atoms with Crippen LogP contribution in [0.25, 0.3) is 11.0 Å². The molecule has 0 bridgehead atoms. The van der Waals surface area contributed by atoms with Crippen LogP contribution in [-0.2, 0) is 24.1 Å². The smallest absolute Gasteiger partial charge is 0.328 e. The van der Waals surface area contributed by atoms with Gasteiger partial charge in [-0.05, 0) is 55.0 Å². The number of hydrogen-bond acceptors (Lipinski definition) is 5. The summed E-state index contributed by atoms with van der Waals surface area (Å²) in [6.45, 7) is 1.76. The van der Waals surface area contributed by atoms with Gasteiger partial charge in [-0.15, -0.1) is 0 Å². The molecule has 166 valence electrons. The maximum atomic E-state index is 13.2. The lowest BCUT2D eigenvalue weighted by Crippen LogP contribution is -2.19. The second kappa shape index (κ2) is 8.40. The van der Waals surface area contributed by atoms with Gasteiger partial charge in [0.2, 0.25) is 0 Å². The number of aryl methyl sites for hydroxylation is 3. The van der Waals surface area contributed by atoms with E-state index in [2.05, 4.69) is 4.72 Å². The Morgan fingerprint density at radius 1 is 0.938 bits per heavy atom. The van der Waals surface area contributed by atoms with Gasteiger partial charge in [0.25, 0.3) is 10.0 Å². The van der Waals surface area contributed by atoms with E-state index in [0.717, 1.165) is 10.6 Å². The molecule has 3 aromatic carbocycles. The Kier molecular flexibility index (Phi) is 5.79. The Morgan fingerprint density at radius 2 is 1.56 bits per heavy atom. The highest BCUT2D eigenvalue weighted by molar-refractivity contribution is 7.99. The molecule has 4 aromatic rings.